The summed E-state index contributed by atoms with van der Waals surface area (Å²) in [6.07, 6.45) is 0. The van der Waals surface area contributed by atoms with Gasteiger partial charge in [0.15, 0.2) is 4.33 Å². The molecule has 2 aromatic carbocycles. The minimum absolute atomic E-state index is 0.714. The number of rotatable bonds is 4. The van der Waals surface area contributed by atoms with Crippen LogP contribution in [-0.4, -0.2) is 14.2 Å². The van der Waals surface area contributed by atoms with Gasteiger partial charge in [0, 0.05) is 0 Å². The maximum absolute atomic E-state index is 6.50. The van der Waals surface area contributed by atoms with Crippen molar-refractivity contribution >= 4 is 23.2 Å². The predicted molar refractivity (Wildman–Crippen MR) is 78.5 cm³/mol. The quantitative estimate of drug-likeness (QED) is 0.780. The fourth-order valence-corrected chi connectivity index (χ4v) is 2.27. The molecule has 0 heterocycles. The number of hydrogen-bond donors (Lipinski definition) is 0. The van der Waals surface area contributed by atoms with Crippen LogP contribution in [0.1, 0.15) is 11.1 Å². The van der Waals surface area contributed by atoms with Gasteiger partial charge in [-0.1, -0.05) is 47.5 Å². The Labute approximate surface area is 122 Å². The molecule has 100 valence electrons. The van der Waals surface area contributed by atoms with Crippen LogP contribution in [0.2, 0.25) is 0 Å². The summed E-state index contributed by atoms with van der Waals surface area (Å²) in [6.45, 7) is 0. The first-order chi connectivity index (χ1) is 9.07. The van der Waals surface area contributed by atoms with Crippen LogP contribution in [0.3, 0.4) is 0 Å². The molecule has 0 saturated carbocycles. The van der Waals surface area contributed by atoms with E-state index in [1.165, 1.54) is 0 Å². The van der Waals surface area contributed by atoms with Crippen LogP contribution in [-0.2, 0) is 4.33 Å². The average molecular weight is 297 g/mol. The highest BCUT2D eigenvalue weighted by molar-refractivity contribution is 6.50. The Bertz CT molecular complexity index is 518. The molecule has 0 aliphatic carbocycles. The minimum atomic E-state index is -1.15. The Morgan fingerprint density at radius 1 is 0.789 bits per heavy atom. The van der Waals surface area contributed by atoms with Crippen LogP contribution in [0, 0.1) is 0 Å². The van der Waals surface area contributed by atoms with E-state index in [-0.39, 0.29) is 0 Å². The molecule has 0 N–H and O–H groups in total. The van der Waals surface area contributed by atoms with Gasteiger partial charge in [0.25, 0.3) is 0 Å². The number of ether oxygens (including phenoxy) is 2. The van der Waals surface area contributed by atoms with E-state index < -0.39 is 4.33 Å². The third-order valence-electron chi connectivity index (χ3n) is 2.86. The molecule has 0 radical (unpaired) electrons. The zero-order valence-electron chi connectivity index (χ0n) is 10.7. The van der Waals surface area contributed by atoms with Crippen molar-refractivity contribution in [3.63, 3.8) is 0 Å². The van der Waals surface area contributed by atoms with Crippen molar-refractivity contribution in [3.05, 3.63) is 59.7 Å². The van der Waals surface area contributed by atoms with Crippen LogP contribution in [0.15, 0.2) is 48.5 Å². The molecule has 2 aromatic rings. The minimum Gasteiger partial charge on any atom is -0.497 e. The Kier molecular flexibility index (Phi) is 4.23. The summed E-state index contributed by atoms with van der Waals surface area (Å²) in [4.78, 5) is 0. The molecule has 2 nitrogen and oxygen atoms in total. The SMILES string of the molecule is COc1cccc(C(Cl)(Cl)c2cccc(OC)c2)c1. The number of benzene rings is 2. The number of hydrogen-bond acceptors (Lipinski definition) is 2. The van der Waals surface area contributed by atoms with E-state index in [1.807, 2.05) is 48.5 Å². The summed E-state index contributed by atoms with van der Waals surface area (Å²) < 4.78 is 9.23. The molecule has 2 rings (SSSR count). The van der Waals surface area contributed by atoms with Gasteiger partial charge in [-0.2, -0.15) is 0 Å². The Hall–Kier alpha value is -1.38. The number of halogens is 2. The lowest BCUT2D eigenvalue weighted by Crippen LogP contribution is -2.12. The van der Waals surface area contributed by atoms with Gasteiger partial charge in [-0.25, -0.2) is 0 Å². The fourth-order valence-electron chi connectivity index (χ4n) is 1.80. The van der Waals surface area contributed by atoms with Gasteiger partial charge in [-0.3, -0.25) is 0 Å². The molecule has 0 atom stereocenters. The summed E-state index contributed by atoms with van der Waals surface area (Å²) in [6, 6.07) is 14.8. The molecule has 0 bridgehead atoms. The summed E-state index contributed by atoms with van der Waals surface area (Å²) in [5.41, 5.74) is 1.51. The lowest BCUT2D eigenvalue weighted by atomic mass is 10.0. The summed E-state index contributed by atoms with van der Waals surface area (Å²) in [5, 5.41) is 0. The maximum Gasteiger partial charge on any atom is 0.168 e. The maximum atomic E-state index is 6.50. The van der Waals surface area contributed by atoms with Crippen LogP contribution < -0.4 is 9.47 Å². The molecular formula is C15H14Cl2O2. The number of methoxy groups -OCH3 is 2. The average Bonchev–Trinajstić information content (AvgIpc) is 2.47. The van der Waals surface area contributed by atoms with E-state index in [9.17, 15) is 0 Å². The third kappa shape index (κ3) is 2.96. The highest BCUT2D eigenvalue weighted by atomic mass is 35.5. The smallest absolute Gasteiger partial charge is 0.168 e. The first kappa shape index (κ1) is 14.0. The largest absolute Gasteiger partial charge is 0.497 e. The van der Waals surface area contributed by atoms with E-state index in [0.29, 0.717) is 11.5 Å². The molecule has 0 aromatic heterocycles. The van der Waals surface area contributed by atoms with Crippen LogP contribution in [0.25, 0.3) is 0 Å². The van der Waals surface area contributed by atoms with Crippen molar-refractivity contribution in [2.45, 2.75) is 4.33 Å². The van der Waals surface area contributed by atoms with Crippen LogP contribution in [0.4, 0.5) is 0 Å². The van der Waals surface area contributed by atoms with Gasteiger partial charge in [0.05, 0.1) is 14.2 Å². The van der Waals surface area contributed by atoms with E-state index in [1.54, 1.807) is 14.2 Å². The molecule has 0 saturated heterocycles. The fraction of sp³-hybridized carbons (Fsp3) is 0.200. The Morgan fingerprint density at radius 3 is 1.58 bits per heavy atom. The summed E-state index contributed by atoms with van der Waals surface area (Å²) in [5.74, 6) is 1.43. The van der Waals surface area contributed by atoms with Crippen LogP contribution in [0.5, 0.6) is 11.5 Å². The van der Waals surface area contributed by atoms with E-state index in [4.69, 9.17) is 32.7 Å². The van der Waals surface area contributed by atoms with Crippen molar-refractivity contribution in [2.24, 2.45) is 0 Å². The zero-order chi connectivity index (χ0) is 13.9. The lowest BCUT2D eigenvalue weighted by Gasteiger charge is -2.21. The normalized spacial score (nSPS) is 11.2. The molecular weight excluding hydrogens is 283 g/mol. The molecule has 0 aliphatic heterocycles. The summed E-state index contributed by atoms with van der Waals surface area (Å²) >= 11 is 13.0. The summed E-state index contributed by atoms with van der Waals surface area (Å²) in [7, 11) is 3.21. The van der Waals surface area contributed by atoms with Crippen molar-refractivity contribution in [2.75, 3.05) is 14.2 Å². The predicted octanol–water partition coefficient (Wildman–Crippen LogP) is 4.38. The third-order valence-corrected chi connectivity index (χ3v) is 3.74. The highest BCUT2D eigenvalue weighted by Crippen LogP contribution is 2.42. The second kappa shape index (κ2) is 5.72. The monoisotopic (exact) mass is 296 g/mol. The van der Waals surface area contributed by atoms with Crippen molar-refractivity contribution < 1.29 is 9.47 Å². The molecule has 4 heteroatoms. The highest BCUT2D eigenvalue weighted by Gasteiger charge is 2.29. The van der Waals surface area contributed by atoms with Crippen LogP contribution >= 0.6 is 23.2 Å². The zero-order valence-corrected chi connectivity index (χ0v) is 12.2. The first-order valence-electron chi connectivity index (χ1n) is 5.75. The van der Waals surface area contributed by atoms with Crippen molar-refractivity contribution in [1.82, 2.24) is 0 Å². The molecule has 0 spiro atoms. The van der Waals surface area contributed by atoms with Gasteiger partial charge in [0.2, 0.25) is 0 Å². The molecule has 0 unspecified atom stereocenters. The second-order valence-corrected chi connectivity index (χ2v) is 5.37. The van der Waals surface area contributed by atoms with Gasteiger partial charge in [0.1, 0.15) is 11.5 Å². The van der Waals surface area contributed by atoms with Crippen molar-refractivity contribution in [3.8, 4) is 11.5 Å². The first-order valence-corrected chi connectivity index (χ1v) is 6.50. The van der Waals surface area contributed by atoms with Gasteiger partial charge in [-0.15, -0.1) is 0 Å². The number of alkyl halides is 2. The Morgan fingerprint density at radius 2 is 1.21 bits per heavy atom. The van der Waals surface area contributed by atoms with Gasteiger partial charge >= 0.3 is 0 Å². The van der Waals surface area contributed by atoms with E-state index in [2.05, 4.69) is 0 Å². The molecule has 0 fully saturated rings. The van der Waals surface area contributed by atoms with E-state index >= 15 is 0 Å². The molecule has 19 heavy (non-hydrogen) atoms. The van der Waals surface area contributed by atoms with Crippen molar-refractivity contribution in [1.29, 1.82) is 0 Å². The molecule has 0 aliphatic rings. The standard InChI is InChI=1S/C15H14Cl2O2/c1-18-13-7-3-5-11(9-13)15(16,17)12-6-4-8-14(10-12)19-2/h3-10H,1-2H3. The molecule has 0 amide bonds. The Balaban J connectivity index is 2.44. The van der Waals surface area contributed by atoms with Gasteiger partial charge < -0.3 is 9.47 Å². The van der Waals surface area contributed by atoms with Gasteiger partial charge in [-0.05, 0) is 35.4 Å². The second-order valence-electron chi connectivity index (χ2n) is 4.04. The topological polar surface area (TPSA) is 18.5 Å². The lowest BCUT2D eigenvalue weighted by molar-refractivity contribution is 0.413. The van der Waals surface area contributed by atoms with E-state index in [0.717, 1.165) is 11.1 Å².